The molecule has 0 aromatic rings. The summed E-state index contributed by atoms with van der Waals surface area (Å²) in [6.45, 7) is 3.88. The van der Waals surface area contributed by atoms with Crippen LogP contribution >= 0.6 is 0 Å². The predicted octanol–water partition coefficient (Wildman–Crippen LogP) is -0.404. The van der Waals surface area contributed by atoms with Crippen molar-refractivity contribution >= 4 is 16.0 Å². The van der Waals surface area contributed by atoms with Crippen LogP contribution in [-0.2, 0) is 19.6 Å². The van der Waals surface area contributed by atoms with Crippen LogP contribution in [0.1, 0.15) is 26.7 Å². The molecule has 6 nitrogen and oxygen atoms in total. The Labute approximate surface area is 96.6 Å². The summed E-state index contributed by atoms with van der Waals surface area (Å²) in [6.07, 6.45) is 1.14. The fourth-order valence-corrected chi connectivity index (χ4v) is 2.84. The minimum Gasteiger partial charge on any atom is -0.468 e. The Morgan fingerprint density at radius 2 is 1.88 bits per heavy atom. The highest BCUT2D eigenvalue weighted by Gasteiger charge is 2.31. The van der Waals surface area contributed by atoms with Gasteiger partial charge >= 0.3 is 5.97 Å². The maximum absolute atomic E-state index is 11.6. The van der Waals surface area contributed by atoms with Gasteiger partial charge < -0.3 is 10.5 Å². The van der Waals surface area contributed by atoms with E-state index in [2.05, 4.69) is 9.46 Å². The average Bonchev–Trinajstić information content (AvgIpc) is 2.25. The van der Waals surface area contributed by atoms with E-state index in [4.69, 9.17) is 5.73 Å². The topological polar surface area (TPSA) is 98.5 Å². The smallest absolute Gasteiger partial charge is 0.322 e. The van der Waals surface area contributed by atoms with Gasteiger partial charge in [-0.15, -0.1) is 0 Å². The number of carbonyl (C=O) groups excluding carboxylic acids is 1. The Bertz CT molecular complexity index is 314. The molecule has 0 saturated heterocycles. The molecule has 0 aromatic heterocycles. The zero-order valence-electron chi connectivity index (χ0n) is 9.95. The quantitative estimate of drug-likeness (QED) is 0.600. The molecule has 7 heteroatoms. The molecule has 0 aliphatic rings. The van der Waals surface area contributed by atoms with E-state index in [0.717, 1.165) is 7.11 Å². The van der Waals surface area contributed by atoms with E-state index in [-0.39, 0.29) is 6.54 Å². The van der Waals surface area contributed by atoms with Crippen LogP contribution < -0.4 is 10.5 Å². The molecule has 0 unspecified atom stereocenters. The third kappa shape index (κ3) is 4.46. The van der Waals surface area contributed by atoms with Crippen LogP contribution in [0.2, 0.25) is 0 Å². The highest BCUT2D eigenvalue weighted by atomic mass is 32.2. The molecule has 96 valence electrons. The molecule has 0 aliphatic carbocycles. The summed E-state index contributed by atoms with van der Waals surface area (Å²) in [5.74, 6) is -1.46. The lowest BCUT2D eigenvalue weighted by molar-refractivity contribution is -0.137. The minimum absolute atomic E-state index is 0.195. The van der Waals surface area contributed by atoms with E-state index in [9.17, 15) is 13.2 Å². The number of hydrogen-bond acceptors (Lipinski definition) is 5. The molecule has 0 radical (unpaired) electrons. The summed E-state index contributed by atoms with van der Waals surface area (Å²) in [4.78, 5) is 10.9. The Morgan fingerprint density at radius 1 is 1.38 bits per heavy atom. The number of nitrogens with two attached hydrogens (primary N) is 1. The summed E-state index contributed by atoms with van der Waals surface area (Å²) in [6, 6.07) is 0. The third-order valence-corrected chi connectivity index (χ3v) is 4.01. The van der Waals surface area contributed by atoms with Gasteiger partial charge in [-0.3, -0.25) is 4.79 Å². The van der Waals surface area contributed by atoms with Gasteiger partial charge in [0.05, 0.1) is 7.11 Å². The van der Waals surface area contributed by atoms with Crippen LogP contribution in [0.25, 0.3) is 0 Å². The van der Waals surface area contributed by atoms with Gasteiger partial charge in [0.2, 0.25) is 10.0 Å². The molecule has 0 heterocycles. The molecular formula is C9H20N2O4S. The highest BCUT2D eigenvalue weighted by molar-refractivity contribution is 7.90. The van der Waals surface area contributed by atoms with E-state index in [0.29, 0.717) is 12.8 Å². The van der Waals surface area contributed by atoms with Crippen LogP contribution in [0.4, 0.5) is 0 Å². The maximum Gasteiger partial charge on any atom is 0.322 e. The highest BCUT2D eigenvalue weighted by Crippen LogP contribution is 2.14. The maximum atomic E-state index is 11.6. The Hall–Kier alpha value is -0.660. The minimum atomic E-state index is -3.69. The van der Waals surface area contributed by atoms with Crippen molar-refractivity contribution in [3.8, 4) is 0 Å². The third-order valence-electron chi connectivity index (χ3n) is 2.65. The first-order valence-electron chi connectivity index (χ1n) is 5.13. The molecule has 0 saturated carbocycles. The van der Waals surface area contributed by atoms with Crippen LogP contribution in [0, 0.1) is 0 Å². The number of nitrogens with one attached hydrogen (secondary N) is 1. The number of esters is 1. The zero-order valence-corrected chi connectivity index (χ0v) is 10.8. The number of ether oxygens (including phenoxy) is 1. The second-order valence-corrected chi connectivity index (χ2v) is 5.35. The van der Waals surface area contributed by atoms with Crippen molar-refractivity contribution < 1.29 is 17.9 Å². The first kappa shape index (κ1) is 15.3. The van der Waals surface area contributed by atoms with Gasteiger partial charge in [0, 0.05) is 12.1 Å². The number of sulfonamides is 1. The Balaban J connectivity index is 4.73. The van der Waals surface area contributed by atoms with Crippen LogP contribution in [0.15, 0.2) is 0 Å². The number of carbonyl (C=O) groups is 1. The molecule has 0 bridgehead atoms. The SMILES string of the molecule is CCC(CC)(CN)NS(=O)(=O)CC(=O)OC. The number of methoxy groups -OCH3 is 1. The van der Waals surface area contributed by atoms with Crippen molar-refractivity contribution in [2.24, 2.45) is 5.73 Å². The standard InChI is InChI=1S/C9H20N2O4S/c1-4-9(5-2,7-10)11-16(13,14)6-8(12)15-3/h11H,4-7,10H2,1-3H3. The zero-order chi connectivity index (χ0) is 12.8. The lowest BCUT2D eigenvalue weighted by Gasteiger charge is -2.30. The molecule has 0 spiro atoms. The van der Waals surface area contributed by atoms with Crippen molar-refractivity contribution in [2.75, 3.05) is 19.4 Å². The summed E-state index contributed by atoms with van der Waals surface area (Å²) >= 11 is 0. The van der Waals surface area contributed by atoms with E-state index in [1.54, 1.807) is 0 Å². The molecule has 0 amide bonds. The van der Waals surface area contributed by atoms with Gasteiger partial charge in [-0.05, 0) is 12.8 Å². The molecule has 3 N–H and O–H groups in total. The van der Waals surface area contributed by atoms with Crippen molar-refractivity contribution in [3.63, 3.8) is 0 Å². The normalized spacial score (nSPS) is 12.5. The summed E-state index contributed by atoms with van der Waals surface area (Å²) < 4.78 is 30.0. The molecule has 16 heavy (non-hydrogen) atoms. The van der Waals surface area contributed by atoms with Crippen LogP contribution in [0.3, 0.4) is 0 Å². The lowest BCUT2D eigenvalue weighted by atomic mass is 9.95. The second-order valence-electron chi connectivity index (χ2n) is 3.63. The summed E-state index contributed by atoms with van der Waals surface area (Å²) in [7, 11) is -2.54. The van der Waals surface area contributed by atoms with Crippen molar-refractivity contribution in [1.29, 1.82) is 0 Å². The predicted molar refractivity (Wildman–Crippen MR) is 61.3 cm³/mol. The van der Waals surface area contributed by atoms with Gasteiger partial charge in [0.25, 0.3) is 0 Å². The second kappa shape index (κ2) is 6.17. The van der Waals surface area contributed by atoms with Gasteiger partial charge in [-0.1, -0.05) is 13.8 Å². The monoisotopic (exact) mass is 252 g/mol. The first-order chi connectivity index (χ1) is 7.34. The molecule has 0 aromatic carbocycles. The average molecular weight is 252 g/mol. The van der Waals surface area contributed by atoms with E-state index in [1.807, 2.05) is 13.8 Å². The number of hydrogen-bond donors (Lipinski definition) is 2. The van der Waals surface area contributed by atoms with Gasteiger partial charge in [0.1, 0.15) is 0 Å². The number of rotatable bonds is 7. The summed E-state index contributed by atoms with van der Waals surface area (Å²) in [5.41, 5.74) is 4.88. The van der Waals surface area contributed by atoms with Crippen molar-refractivity contribution in [1.82, 2.24) is 4.72 Å². The van der Waals surface area contributed by atoms with Crippen molar-refractivity contribution in [3.05, 3.63) is 0 Å². The first-order valence-corrected chi connectivity index (χ1v) is 6.78. The van der Waals surface area contributed by atoms with Crippen LogP contribution in [-0.4, -0.2) is 39.3 Å². The molecular weight excluding hydrogens is 232 g/mol. The molecule has 0 aliphatic heterocycles. The van der Waals surface area contributed by atoms with E-state index < -0.39 is 27.3 Å². The summed E-state index contributed by atoms with van der Waals surface area (Å²) in [5, 5.41) is 0. The Morgan fingerprint density at radius 3 is 2.19 bits per heavy atom. The van der Waals surface area contributed by atoms with Gasteiger partial charge in [-0.25, -0.2) is 13.1 Å². The lowest BCUT2D eigenvalue weighted by Crippen LogP contribution is -2.53. The van der Waals surface area contributed by atoms with Crippen LogP contribution in [0.5, 0.6) is 0 Å². The largest absolute Gasteiger partial charge is 0.468 e. The molecule has 0 fully saturated rings. The fraction of sp³-hybridized carbons (Fsp3) is 0.889. The van der Waals surface area contributed by atoms with Gasteiger partial charge in [-0.2, -0.15) is 0 Å². The molecule has 0 rings (SSSR count). The molecule has 0 atom stereocenters. The fourth-order valence-electron chi connectivity index (χ4n) is 1.30. The van der Waals surface area contributed by atoms with E-state index >= 15 is 0 Å². The van der Waals surface area contributed by atoms with Gasteiger partial charge in [0.15, 0.2) is 5.75 Å². The van der Waals surface area contributed by atoms with Crippen molar-refractivity contribution in [2.45, 2.75) is 32.2 Å². The Kier molecular flexibility index (Phi) is 5.91. The van der Waals surface area contributed by atoms with E-state index in [1.165, 1.54) is 0 Å².